The maximum atomic E-state index is 13.3. The molecule has 6 rings (SSSR count). The second-order valence-electron chi connectivity index (χ2n) is 9.96. The number of fused-ring (bicyclic) bond motifs is 2. The van der Waals surface area contributed by atoms with Crippen molar-refractivity contribution in [3.8, 4) is 0 Å². The predicted molar refractivity (Wildman–Crippen MR) is 134 cm³/mol. The molecule has 8 heteroatoms. The zero-order chi connectivity index (χ0) is 24.2. The number of aromatic nitrogens is 1. The van der Waals surface area contributed by atoms with Gasteiger partial charge in [-0.25, -0.2) is 9.78 Å². The van der Waals surface area contributed by atoms with E-state index in [1.807, 2.05) is 30.3 Å². The molecular weight excluding hydrogens is 460 g/mol. The van der Waals surface area contributed by atoms with E-state index in [1.54, 1.807) is 23.2 Å². The molecule has 2 fully saturated rings. The quantitative estimate of drug-likeness (QED) is 0.564. The molecule has 0 radical (unpaired) electrons. The smallest absolute Gasteiger partial charge is 0.325 e. The molecule has 3 aliphatic rings. The molecule has 0 saturated carbocycles. The van der Waals surface area contributed by atoms with Crippen LogP contribution in [-0.4, -0.2) is 52.3 Å². The molecular formula is C27H28N4O3S. The Labute approximate surface area is 208 Å². The number of rotatable bonds is 4. The van der Waals surface area contributed by atoms with Gasteiger partial charge in [-0.3, -0.25) is 14.5 Å². The molecule has 4 amide bonds. The van der Waals surface area contributed by atoms with Gasteiger partial charge < -0.3 is 10.2 Å². The normalized spacial score (nSPS) is 22.7. The largest absolute Gasteiger partial charge is 0.341 e. The summed E-state index contributed by atoms with van der Waals surface area (Å²) in [5.41, 5.74) is 3.22. The third kappa shape index (κ3) is 3.80. The van der Waals surface area contributed by atoms with Crippen molar-refractivity contribution in [3.63, 3.8) is 0 Å². The average molecular weight is 489 g/mol. The van der Waals surface area contributed by atoms with Crippen molar-refractivity contribution < 1.29 is 14.4 Å². The van der Waals surface area contributed by atoms with Crippen LogP contribution < -0.4 is 5.32 Å². The number of carbonyl (C=O) groups is 3. The van der Waals surface area contributed by atoms with Gasteiger partial charge in [0, 0.05) is 19.0 Å². The molecule has 7 nitrogen and oxygen atoms in total. The molecule has 0 spiro atoms. The van der Waals surface area contributed by atoms with E-state index in [9.17, 15) is 14.4 Å². The Hall–Kier alpha value is -3.26. The topological polar surface area (TPSA) is 82.6 Å². The second kappa shape index (κ2) is 8.45. The van der Waals surface area contributed by atoms with Gasteiger partial charge in [0.25, 0.3) is 5.91 Å². The summed E-state index contributed by atoms with van der Waals surface area (Å²) in [5.74, 6) is -0.219. The monoisotopic (exact) mass is 488 g/mol. The van der Waals surface area contributed by atoms with Gasteiger partial charge in [-0.1, -0.05) is 30.3 Å². The van der Waals surface area contributed by atoms with E-state index < -0.39 is 11.6 Å². The highest BCUT2D eigenvalue weighted by atomic mass is 32.1. The van der Waals surface area contributed by atoms with Crippen LogP contribution in [0.5, 0.6) is 0 Å². The van der Waals surface area contributed by atoms with Crippen molar-refractivity contribution >= 4 is 39.4 Å². The lowest BCUT2D eigenvalue weighted by Gasteiger charge is -2.32. The van der Waals surface area contributed by atoms with Crippen LogP contribution in [0.4, 0.5) is 4.79 Å². The summed E-state index contributed by atoms with van der Waals surface area (Å²) in [6.07, 6.45) is 4.84. The van der Waals surface area contributed by atoms with Crippen molar-refractivity contribution in [3.05, 3.63) is 64.2 Å². The van der Waals surface area contributed by atoms with E-state index in [4.69, 9.17) is 4.98 Å². The Bertz CT molecular complexity index is 1310. The third-order valence-corrected chi connectivity index (χ3v) is 8.95. The number of amides is 4. The minimum absolute atomic E-state index is 0.186. The van der Waals surface area contributed by atoms with E-state index in [0.29, 0.717) is 19.0 Å². The Morgan fingerprint density at radius 2 is 1.89 bits per heavy atom. The van der Waals surface area contributed by atoms with Crippen LogP contribution in [0, 0.1) is 0 Å². The van der Waals surface area contributed by atoms with Crippen LogP contribution in [0.1, 0.15) is 53.8 Å². The van der Waals surface area contributed by atoms with E-state index in [1.165, 1.54) is 15.8 Å². The van der Waals surface area contributed by atoms with Crippen LogP contribution in [0.25, 0.3) is 10.2 Å². The van der Waals surface area contributed by atoms with Crippen molar-refractivity contribution in [1.29, 1.82) is 0 Å². The first kappa shape index (κ1) is 22.2. The molecule has 2 aromatic carbocycles. The zero-order valence-corrected chi connectivity index (χ0v) is 20.6. The van der Waals surface area contributed by atoms with E-state index in [-0.39, 0.29) is 18.4 Å². The van der Waals surface area contributed by atoms with Gasteiger partial charge in [-0.15, -0.1) is 11.3 Å². The fourth-order valence-corrected chi connectivity index (χ4v) is 6.73. The number of nitrogens with zero attached hydrogens (tertiary/aromatic N) is 3. The van der Waals surface area contributed by atoms with Crippen LogP contribution in [-0.2, 0) is 28.0 Å². The fraction of sp³-hybridized carbons (Fsp3) is 0.407. The Morgan fingerprint density at radius 3 is 2.69 bits per heavy atom. The van der Waals surface area contributed by atoms with Crippen molar-refractivity contribution in [2.75, 3.05) is 19.6 Å². The predicted octanol–water partition coefficient (Wildman–Crippen LogP) is 3.96. The first-order valence-corrected chi connectivity index (χ1v) is 13.1. The molecule has 2 aliphatic heterocycles. The number of para-hydroxylation sites is 1. The molecule has 3 heterocycles. The lowest BCUT2D eigenvalue weighted by molar-refractivity contribution is -0.139. The standard InChI is InChI=1S/C27H28N4O3S/c1-27(20-10-9-17-5-4-6-19(17)15-20)25(33)31(26(34)29-27)16-23(32)30-13-11-18(12-14-30)24-28-21-7-2-3-8-22(21)35-24/h2-3,7-10,15,18H,4-6,11-14,16H2,1H3,(H,29,34)/t27-/m1/s1. The van der Waals surface area contributed by atoms with Gasteiger partial charge >= 0.3 is 6.03 Å². The number of imide groups is 1. The number of piperidine rings is 1. The minimum atomic E-state index is -1.14. The number of likely N-dealkylation sites (tertiary alicyclic amines) is 1. The van der Waals surface area contributed by atoms with Crippen LogP contribution >= 0.6 is 11.3 Å². The van der Waals surface area contributed by atoms with E-state index in [2.05, 4.69) is 17.4 Å². The average Bonchev–Trinajstić information content (AvgIpc) is 3.57. The summed E-state index contributed by atoms with van der Waals surface area (Å²) < 4.78 is 1.19. The highest BCUT2D eigenvalue weighted by Crippen LogP contribution is 2.35. The van der Waals surface area contributed by atoms with Crippen molar-refractivity contribution in [1.82, 2.24) is 20.1 Å². The maximum absolute atomic E-state index is 13.3. The molecule has 1 aliphatic carbocycles. The first-order valence-electron chi connectivity index (χ1n) is 12.3. The zero-order valence-electron chi connectivity index (χ0n) is 19.8. The van der Waals surface area contributed by atoms with Crippen LogP contribution in [0.3, 0.4) is 0 Å². The molecule has 0 unspecified atom stereocenters. The van der Waals surface area contributed by atoms with Crippen molar-refractivity contribution in [2.45, 2.75) is 50.5 Å². The van der Waals surface area contributed by atoms with Gasteiger partial charge in [0.15, 0.2) is 0 Å². The van der Waals surface area contributed by atoms with Gasteiger partial charge in [0.1, 0.15) is 12.1 Å². The Kier molecular flexibility index (Phi) is 5.36. The Balaban J connectivity index is 1.11. The number of thiazole rings is 1. The Morgan fingerprint density at radius 1 is 1.11 bits per heavy atom. The number of benzene rings is 2. The molecule has 1 atom stereocenters. The van der Waals surface area contributed by atoms with E-state index in [0.717, 1.165) is 53.1 Å². The number of hydrogen-bond donors (Lipinski definition) is 1. The van der Waals surface area contributed by atoms with Crippen molar-refractivity contribution in [2.24, 2.45) is 0 Å². The molecule has 0 bridgehead atoms. The lowest BCUT2D eigenvalue weighted by Crippen LogP contribution is -2.46. The molecule has 1 N–H and O–H groups in total. The number of aryl methyl sites for hydroxylation is 2. The molecule has 2 saturated heterocycles. The highest BCUT2D eigenvalue weighted by Gasteiger charge is 2.50. The number of urea groups is 1. The summed E-state index contributed by atoms with van der Waals surface area (Å²) in [5, 5.41) is 3.97. The van der Waals surface area contributed by atoms with Crippen LogP contribution in [0.2, 0.25) is 0 Å². The molecule has 1 aromatic heterocycles. The highest BCUT2D eigenvalue weighted by molar-refractivity contribution is 7.18. The van der Waals surface area contributed by atoms with Gasteiger partial charge in [0.2, 0.25) is 5.91 Å². The number of hydrogen-bond acceptors (Lipinski definition) is 5. The lowest BCUT2D eigenvalue weighted by atomic mass is 9.89. The summed E-state index contributed by atoms with van der Waals surface area (Å²) in [7, 11) is 0. The second-order valence-corrected chi connectivity index (χ2v) is 11.0. The maximum Gasteiger partial charge on any atom is 0.325 e. The number of nitrogens with one attached hydrogen (secondary N) is 1. The van der Waals surface area contributed by atoms with Gasteiger partial charge in [-0.05, 0) is 67.9 Å². The SMILES string of the molecule is C[C@]1(c2ccc3c(c2)CCC3)NC(=O)N(CC(=O)N2CCC(c3nc4ccccc4s3)CC2)C1=O. The molecule has 3 aromatic rings. The fourth-order valence-electron chi connectivity index (χ4n) is 5.59. The molecule has 35 heavy (non-hydrogen) atoms. The first-order chi connectivity index (χ1) is 16.9. The summed E-state index contributed by atoms with van der Waals surface area (Å²) in [6, 6.07) is 13.7. The van der Waals surface area contributed by atoms with Crippen LogP contribution in [0.15, 0.2) is 42.5 Å². The van der Waals surface area contributed by atoms with E-state index >= 15 is 0 Å². The third-order valence-electron chi connectivity index (χ3n) is 7.75. The minimum Gasteiger partial charge on any atom is -0.341 e. The number of carbonyl (C=O) groups excluding carboxylic acids is 3. The molecule has 180 valence electrons. The van der Waals surface area contributed by atoms with Gasteiger partial charge in [0.05, 0.1) is 15.2 Å². The summed E-state index contributed by atoms with van der Waals surface area (Å²) in [4.78, 5) is 46.8. The van der Waals surface area contributed by atoms with Gasteiger partial charge in [-0.2, -0.15) is 0 Å². The summed E-state index contributed by atoms with van der Waals surface area (Å²) >= 11 is 1.72. The summed E-state index contributed by atoms with van der Waals surface area (Å²) in [6.45, 7) is 2.71.